The molecule has 1 N–H and O–H groups in total. The highest BCUT2D eigenvalue weighted by Crippen LogP contribution is 2.29. The summed E-state index contributed by atoms with van der Waals surface area (Å²) in [5.74, 6) is -0.378. The lowest BCUT2D eigenvalue weighted by molar-refractivity contribution is 0.0618. The summed E-state index contributed by atoms with van der Waals surface area (Å²) in [6.45, 7) is 6.63. The van der Waals surface area contributed by atoms with Gasteiger partial charge in [-0.2, -0.15) is 0 Å². The van der Waals surface area contributed by atoms with Crippen molar-refractivity contribution in [3.8, 4) is 5.75 Å². The van der Waals surface area contributed by atoms with Crippen molar-refractivity contribution < 1.29 is 14.2 Å². The topological polar surface area (TPSA) is 32.7 Å². The predicted molar refractivity (Wildman–Crippen MR) is 68.1 cm³/mol. The number of rotatable bonds is 2. The molecule has 0 radical (unpaired) electrons. The van der Waals surface area contributed by atoms with E-state index < -0.39 is 5.82 Å². The Morgan fingerprint density at radius 2 is 2.28 bits per heavy atom. The standard InChI is InChI=1S/C14H20FNO2/c1-10-9-16(6-3-7-18-10)11(2)13-5-4-12(15)8-14(13)17/h4-5,8,10-11,17H,3,6-7,9H2,1-2H3. The van der Waals surface area contributed by atoms with Crippen LogP contribution in [0.1, 0.15) is 31.9 Å². The number of benzene rings is 1. The van der Waals surface area contributed by atoms with Gasteiger partial charge in [-0.15, -0.1) is 0 Å². The Labute approximate surface area is 107 Å². The van der Waals surface area contributed by atoms with Crippen LogP contribution in [0, 0.1) is 5.82 Å². The first-order valence-electron chi connectivity index (χ1n) is 6.42. The summed E-state index contributed by atoms with van der Waals surface area (Å²) in [6.07, 6.45) is 1.17. The van der Waals surface area contributed by atoms with E-state index in [1.165, 1.54) is 12.1 Å². The molecule has 2 unspecified atom stereocenters. The highest BCUT2D eigenvalue weighted by molar-refractivity contribution is 5.35. The second-order valence-corrected chi connectivity index (χ2v) is 4.91. The van der Waals surface area contributed by atoms with Gasteiger partial charge >= 0.3 is 0 Å². The van der Waals surface area contributed by atoms with Crippen LogP contribution in [-0.4, -0.2) is 35.8 Å². The molecule has 1 saturated heterocycles. The molecule has 0 aliphatic carbocycles. The second-order valence-electron chi connectivity index (χ2n) is 4.91. The van der Waals surface area contributed by atoms with E-state index in [9.17, 15) is 9.50 Å². The molecular formula is C14H20FNO2. The summed E-state index contributed by atoms with van der Waals surface area (Å²) in [5.41, 5.74) is 0.769. The maximum atomic E-state index is 13.0. The van der Waals surface area contributed by atoms with E-state index in [2.05, 4.69) is 11.8 Å². The normalized spacial score (nSPS) is 23.6. The van der Waals surface area contributed by atoms with Crippen molar-refractivity contribution in [2.24, 2.45) is 0 Å². The Bertz CT molecular complexity index is 411. The number of ether oxygens (including phenoxy) is 1. The summed E-state index contributed by atoms with van der Waals surface area (Å²) in [7, 11) is 0. The summed E-state index contributed by atoms with van der Waals surface area (Å²) in [6, 6.07) is 4.29. The van der Waals surface area contributed by atoms with Crippen LogP contribution in [-0.2, 0) is 4.74 Å². The minimum Gasteiger partial charge on any atom is -0.508 e. The van der Waals surface area contributed by atoms with Crippen molar-refractivity contribution in [2.75, 3.05) is 19.7 Å². The van der Waals surface area contributed by atoms with E-state index in [1.807, 2.05) is 6.92 Å². The zero-order valence-electron chi connectivity index (χ0n) is 10.9. The predicted octanol–water partition coefficient (Wildman–Crippen LogP) is 2.70. The van der Waals surface area contributed by atoms with Crippen LogP contribution < -0.4 is 0 Å². The van der Waals surface area contributed by atoms with E-state index in [0.29, 0.717) is 0 Å². The van der Waals surface area contributed by atoms with E-state index >= 15 is 0 Å². The molecule has 4 heteroatoms. The fraction of sp³-hybridized carbons (Fsp3) is 0.571. The molecule has 2 rings (SSSR count). The average molecular weight is 253 g/mol. The largest absolute Gasteiger partial charge is 0.508 e. The van der Waals surface area contributed by atoms with Gasteiger partial charge in [-0.25, -0.2) is 4.39 Å². The quantitative estimate of drug-likeness (QED) is 0.879. The van der Waals surface area contributed by atoms with Gasteiger partial charge in [0.15, 0.2) is 0 Å². The molecule has 1 aliphatic heterocycles. The third-order valence-electron chi connectivity index (χ3n) is 3.47. The highest BCUT2D eigenvalue weighted by atomic mass is 19.1. The zero-order chi connectivity index (χ0) is 13.1. The fourth-order valence-corrected chi connectivity index (χ4v) is 2.44. The summed E-state index contributed by atoms with van der Waals surface area (Å²) >= 11 is 0. The lowest BCUT2D eigenvalue weighted by atomic mass is 10.0. The second kappa shape index (κ2) is 5.67. The van der Waals surface area contributed by atoms with Gasteiger partial charge in [0.25, 0.3) is 0 Å². The minimum absolute atomic E-state index is 0.0281. The van der Waals surface area contributed by atoms with Crippen LogP contribution in [0.25, 0.3) is 0 Å². The van der Waals surface area contributed by atoms with Crippen LogP contribution >= 0.6 is 0 Å². The Morgan fingerprint density at radius 1 is 1.50 bits per heavy atom. The molecule has 0 bridgehead atoms. The number of hydrogen-bond donors (Lipinski definition) is 1. The molecule has 1 heterocycles. The van der Waals surface area contributed by atoms with Crippen molar-refractivity contribution in [1.29, 1.82) is 0 Å². The first-order chi connectivity index (χ1) is 8.58. The number of nitrogens with zero attached hydrogens (tertiary/aromatic N) is 1. The monoisotopic (exact) mass is 253 g/mol. The van der Waals surface area contributed by atoms with E-state index in [1.54, 1.807) is 6.07 Å². The van der Waals surface area contributed by atoms with Crippen molar-refractivity contribution in [3.63, 3.8) is 0 Å². The maximum absolute atomic E-state index is 13.0. The van der Waals surface area contributed by atoms with Crippen molar-refractivity contribution in [1.82, 2.24) is 4.90 Å². The van der Waals surface area contributed by atoms with Crippen LogP contribution in [0.15, 0.2) is 18.2 Å². The molecule has 3 nitrogen and oxygen atoms in total. The molecule has 1 aromatic rings. The van der Waals surface area contributed by atoms with E-state index in [0.717, 1.165) is 31.7 Å². The van der Waals surface area contributed by atoms with Gasteiger partial charge in [-0.05, 0) is 26.3 Å². The van der Waals surface area contributed by atoms with Crippen LogP contribution in [0.3, 0.4) is 0 Å². The molecular weight excluding hydrogens is 233 g/mol. The fourth-order valence-electron chi connectivity index (χ4n) is 2.44. The van der Waals surface area contributed by atoms with Crippen LogP contribution in [0.4, 0.5) is 4.39 Å². The molecule has 100 valence electrons. The van der Waals surface area contributed by atoms with Crippen molar-refractivity contribution >= 4 is 0 Å². The lowest BCUT2D eigenvalue weighted by Crippen LogP contribution is -2.32. The summed E-state index contributed by atoms with van der Waals surface area (Å²) < 4.78 is 18.6. The number of halogens is 1. The third kappa shape index (κ3) is 3.00. The Hall–Kier alpha value is -1.13. The molecule has 1 aromatic carbocycles. The minimum atomic E-state index is -0.406. The van der Waals surface area contributed by atoms with Gasteiger partial charge in [0, 0.05) is 37.4 Å². The smallest absolute Gasteiger partial charge is 0.126 e. The van der Waals surface area contributed by atoms with Gasteiger partial charge in [-0.3, -0.25) is 4.90 Å². The van der Waals surface area contributed by atoms with Crippen LogP contribution in [0.2, 0.25) is 0 Å². The number of phenols is 1. The Kier molecular flexibility index (Phi) is 4.19. The molecule has 0 saturated carbocycles. The molecule has 18 heavy (non-hydrogen) atoms. The van der Waals surface area contributed by atoms with Gasteiger partial charge in [0.05, 0.1) is 6.10 Å². The molecule has 0 amide bonds. The Balaban J connectivity index is 2.16. The van der Waals surface area contributed by atoms with Crippen molar-refractivity contribution in [2.45, 2.75) is 32.4 Å². The molecule has 1 fully saturated rings. The highest BCUT2D eigenvalue weighted by Gasteiger charge is 2.22. The van der Waals surface area contributed by atoms with Crippen molar-refractivity contribution in [3.05, 3.63) is 29.6 Å². The van der Waals surface area contributed by atoms with E-state index in [4.69, 9.17) is 4.74 Å². The lowest BCUT2D eigenvalue weighted by Gasteiger charge is -2.29. The average Bonchev–Trinajstić information content (AvgIpc) is 2.53. The van der Waals surface area contributed by atoms with Gasteiger partial charge in [0.1, 0.15) is 11.6 Å². The summed E-state index contributed by atoms with van der Waals surface area (Å²) in [5, 5.41) is 9.83. The van der Waals surface area contributed by atoms with Gasteiger partial charge in [-0.1, -0.05) is 6.07 Å². The molecule has 1 aliphatic rings. The Morgan fingerprint density at radius 3 is 3.00 bits per heavy atom. The molecule has 2 atom stereocenters. The maximum Gasteiger partial charge on any atom is 0.126 e. The first kappa shape index (κ1) is 13.3. The first-order valence-corrected chi connectivity index (χ1v) is 6.42. The number of aromatic hydroxyl groups is 1. The summed E-state index contributed by atoms with van der Waals surface area (Å²) in [4.78, 5) is 2.27. The van der Waals surface area contributed by atoms with Gasteiger partial charge in [0.2, 0.25) is 0 Å². The molecule has 0 aromatic heterocycles. The third-order valence-corrected chi connectivity index (χ3v) is 3.47. The number of hydrogen-bond acceptors (Lipinski definition) is 3. The molecule has 0 spiro atoms. The SMILES string of the molecule is CC1CN(C(C)c2ccc(F)cc2O)CCCO1. The van der Waals surface area contributed by atoms with Crippen LogP contribution in [0.5, 0.6) is 5.75 Å². The van der Waals surface area contributed by atoms with E-state index in [-0.39, 0.29) is 17.9 Å². The number of phenolic OH excluding ortho intramolecular Hbond substituents is 1. The van der Waals surface area contributed by atoms with Gasteiger partial charge < -0.3 is 9.84 Å². The zero-order valence-corrected chi connectivity index (χ0v) is 10.9.